The summed E-state index contributed by atoms with van der Waals surface area (Å²) in [5, 5.41) is 8.60. The summed E-state index contributed by atoms with van der Waals surface area (Å²) in [4.78, 5) is 31.3. The van der Waals surface area contributed by atoms with Gasteiger partial charge in [0, 0.05) is 32.0 Å². The summed E-state index contributed by atoms with van der Waals surface area (Å²) in [6.45, 7) is 13.5. The minimum atomic E-state index is -0.514. The predicted octanol–water partition coefficient (Wildman–Crippen LogP) is 2.81. The number of hydrogen-bond donors (Lipinski definition) is 0. The molecule has 31 heavy (non-hydrogen) atoms. The van der Waals surface area contributed by atoms with Crippen LogP contribution in [0.4, 0.5) is 4.79 Å². The Morgan fingerprint density at radius 3 is 2.52 bits per heavy atom. The van der Waals surface area contributed by atoms with Crippen LogP contribution < -0.4 is 5.69 Å². The highest BCUT2D eigenvalue weighted by Crippen LogP contribution is 2.27. The Kier molecular flexibility index (Phi) is 6.86. The van der Waals surface area contributed by atoms with E-state index >= 15 is 0 Å². The van der Waals surface area contributed by atoms with Crippen molar-refractivity contribution in [2.75, 3.05) is 13.1 Å². The molecule has 0 radical (unpaired) electrons. The van der Waals surface area contributed by atoms with Crippen LogP contribution >= 0.6 is 0 Å². The van der Waals surface area contributed by atoms with Gasteiger partial charge in [-0.1, -0.05) is 19.0 Å². The SMILES string of the molecule is CCn1c(C2CCN(C(=O)OC(C)(C)C)CC2)nn(Cc2noc(CC(C)C)n2)c1=O. The number of carbonyl (C=O) groups is 1. The van der Waals surface area contributed by atoms with Crippen molar-refractivity contribution in [1.29, 1.82) is 0 Å². The van der Waals surface area contributed by atoms with Gasteiger partial charge in [-0.2, -0.15) is 10.1 Å². The summed E-state index contributed by atoms with van der Waals surface area (Å²) in [5.41, 5.74) is -0.693. The molecule has 1 aliphatic rings. The van der Waals surface area contributed by atoms with Gasteiger partial charge in [0.2, 0.25) is 5.89 Å². The van der Waals surface area contributed by atoms with E-state index in [2.05, 4.69) is 29.1 Å². The monoisotopic (exact) mass is 434 g/mol. The Hall–Kier alpha value is -2.65. The Morgan fingerprint density at radius 1 is 1.26 bits per heavy atom. The van der Waals surface area contributed by atoms with Gasteiger partial charge in [-0.25, -0.2) is 14.3 Å². The number of rotatable bonds is 6. The Labute approximate surface area is 182 Å². The van der Waals surface area contributed by atoms with Crippen LogP contribution in [0, 0.1) is 5.92 Å². The third-order valence-corrected chi connectivity index (χ3v) is 5.16. The summed E-state index contributed by atoms with van der Waals surface area (Å²) < 4.78 is 13.8. The Morgan fingerprint density at radius 2 is 1.94 bits per heavy atom. The van der Waals surface area contributed by atoms with Crippen LogP contribution in [-0.4, -0.2) is 54.2 Å². The van der Waals surface area contributed by atoms with Gasteiger partial charge in [-0.3, -0.25) is 4.57 Å². The lowest BCUT2D eigenvalue weighted by molar-refractivity contribution is 0.0202. The van der Waals surface area contributed by atoms with E-state index in [1.54, 1.807) is 9.47 Å². The number of carbonyl (C=O) groups excluding carboxylic acids is 1. The van der Waals surface area contributed by atoms with E-state index in [-0.39, 0.29) is 24.2 Å². The van der Waals surface area contributed by atoms with Crippen molar-refractivity contribution in [3.8, 4) is 0 Å². The Bertz CT molecular complexity index is 944. The highest BCUT2D eigenvalue weighted by Gasteiger charge is 2.30. The predicted molar refractivity (Wildman–Crippen MR) is 114 cm³/mol. The minimum Gasteiger partial charge on any atom is -0.444 e. The second-order valence-corrected chi connectivity index (χ2v) is 9.49. The zero-order valence-corrected chi connectivity index (χ0v) is 19.4. The molecule has 172 valence electrons. The second-order valence-electron chi connectivity index (χ2n) is 9.49. The number of piperidine rings is 1. The number of hydrogen-bond acceptors (Lipinski definition) is 7. The third kappa shape index (κ3) is 5.74. The van der Waals surface area contributed by atoms with Crippen LogP contribution in [0.3, 0.4) is 0 Å². The maximum atomic E-state index is 12.9. The molecule has 1 saturated heterocycles. The summed E-state index contributed by atoms with van der Waals surface area (Å²) in [6.07, 6.45) is 1.87. The molecule has 10 heteroatoms. The lowest BCUT2D eigenvalue weighted by Gasteiger charge is -2.33. The van der Waals surface area contributed by atoms with Gasteiger partial charge in [-0.15, -0.1) is 0 Å². The van der Waals surface area contributed by atoms with Crippen molar-refractivity contribution in [3.63, 3.8) is 0 Å². The van der Waals surface area contributed by atoms with Crippen LogP contribution in [0.1, 0.15) is 77.8 Å². The van der Waals surface area contributed by atoms with Gasteiger partial charge >= 0.3 is 11.8 Å². The summed E-state index contributed by atoms with van der Waals surface area (Å²) >= 11 is 0. The van der Waals surface area contributed by atoms with E-state index in [1.165, 1.54) is 4.68 Å². The first kappa shape index (κ1) is 23.0. The molecule has 0 saturated carbocycles. The summed E-state index contributed by atoms with van der Waals surface area (Å²) in [7, 11) is 0. The molecule has 2 aromatic heterocycles. The van der Waals surface area contributed by atoms with E-state index in [9.17, 15) is 9.59 Å². The average Bonchev–Trinajstić information content (AvgIpc) is 3.24. The first-order valence-corrected chi connectivity index (χ1v) is 11.0. The van der Waals surface area contributed by atoms with Crippen LogP contribution in [-0.2, 0) is 24.2 Å². The number of nitrogens with zero attached hydrogens (tertiary/aromatic N) is 6. The molecule has 0 unspecified atom stereocenters. The molecule has 0 aromatic carbocycles. The number of ether oxygens (including phenoxy) is 1. The molecule has 3 heterocycles. The Balaban J connectivity index is 1.69. The number of likely N-dealkylation sites (tertiary alicyclic amines) is 1. The van der Waals surface area contributed by atoms with Crippen molar-refractivity contribution in [3.05, 3.63) is 28.0 Å². The molecule has 1 amide bonds. The summed E-state index contributed by atoms with van der Waals surface area (Å²) in [5.74, 6) is 2.29. The van der Waals surface area contributed by atoms with Crippen LogP contribution in [0.15, 0.2) is 9.32 Å². The third-order valence-electron chi connectivity index (χ3n) is 5.16. The van der Waals surface area contributed by atoms with Gasteiger partial charge in [0.1, 0.15) is 18.0 Å². The minimum absolute atomic E-state index is 0.106. The van der Waals surface area contributed by atoms with E-state index in [0.29, 0.717) is 43.7 Å². The zero-order chi connectivity index (χ0) is 22.8. The van der Waals surface area contributed by atoms with E-state index in [1.807, 2.05) is 27.7 Å². The van der Waals surface area contributed by atoms with E-state index in [4.69, 9.17) is 9.26 Å². The van der Waals surface area contributed by atoms with Crippen LogP contribution in [0.5, 0.6) is 0 Å². The standard InChI is InChI=1S/C21H34N6O4/c1-7-26-18(15-8-10-25(11-9-15)20(29)30-21(4,5)6)23-27(19(26)28)13-16-22-17(31-24-16)12-14(2)3/h14-15H,7-13H2,1-6H3. The molecule has 0 N–H and O–H groups in total. The van der Waals surface area contributed by atoms with Crippen molar-refractivity contribution >= 4 is 6.09 Å². The lowest BCUT2D eigenvalue weighted by atomic mass is 9.96. The van der Waals surface area contributed by atoms with Crippen molar-refractivity contribution in [2.24, 2.45) is 5.92 Å². The van der Waals surface area contributed by atoms with Gasteiger partial charge < -0.3 is 14.2 Å². The maximum Gasteiger partial charge on any atom is 0.410 e. The van der Waals surface area contributed by atoms with Crippen molar-refractivity contribution < 1.29 is 14.1 Å². The zero-order valence-electron chi connectivity index (χ0n) is 19.4. The van der Waals surface area contributed by atoms with Crippen molar-refractivity contribution in [1.82, 2.24) is 29.4 Å². The molecule has 2 aromatic rings. The maximum absolute atomic E-state index is 12.9. The lowest BCUT2D eigenvalue weighted by Crippen LogP contribution is -2.41. The van der Waals surface area contributed by atoms with Crippen LogP contribution in [0.25, 0.3) is 0 Å². The fraction of sp³-hybridized carbons (Fsp3) is 0.762. The molecule has 0 spiro atoms. The fourth-order valence-corrected chi connectivity index (χ4v) is 3.73. The quantitative estimate of drug-likeness (QED) is 0.688. The molecule has 0 aliphatic carbocycles. The molecule has 0 bridgehead atoms. The van der Waals surface area contributed by atoms with Gasteiger partial charge in [0.25, 0.3) is 0 Å². The molecular formula is C21H34N6O4. The smallest absolute Gasteiger partial charge is 0.410 e. The van der Waals surface area contributed by atoms with Crippen molar-refractivity contribution in [2.45, 2.75) is 85.4 Å². The fourth-order valence-electron chi connectivity index (χ4n) is 3.73. The highest BCUT2D eigenvalue weighted by molar-refractivity contribution is 5.68. The number of aromatic nitrogens is 5. The molecule has 1 aliphatic heterocycles. The van der Waals surface area contributed by atoms with Gasteiger partial charge in [0.05, 0.1) is 0 Å². The first-order valence-electron chi connectivity index (χ1n) is 11.0. The molecule has 0 atom stereocenters. The van der Waals surface area contributed by atoms with E-state index in [0.717, 1.165) is 18.7 Å². The first-order chi connectivity index (χ1) is 14.6. The highest BCUT2D eigenvalue weighted by atomic mass is 16.6. The molecule has 10 nitrogen and oxygen atoms in total. The number of amides is 1. The molecule has 1 fully saturated rings. The summed E-state index contributed by atoms with van der Waals surface area (Å²) in [6, 6.07) is 0. The van der Waals surface area contributed by atoms with E-state index < -0.39 is 5.60 Å². The van der Waals surface area contributed by atoms with Crippen LogP contribution in [0.2, 0.25) is 0 Å². The topological polar surface area (TPSA) is 108 Å². The molecular weight excluding hydrogens is 400 g/mol. The van der Waals surface area contributed by atoms with Gasteiger partial charge in [-0.05, 0) is 46.5 Å². The van der Waals surface area contributed by atoms with Gasteiger partial charge in [0.15, 0.2) is 5.82 Å². The second kappa shape index (κ2) is 9.23. The normalized spacial score (nSPS) is 15.6. The average molecular weight is 435 g/mol. The largest absolute Gasteiger partial charge is 0.444 e. The molecule has 3 rings (SSSR count).